The molecule has 124 valence electrons. The van der Waals surface area contributed by atoms with Crippen LogP contribution in [0.1, 0.15) is 34.1 Å². The van der Waals surface area contributed by atoms with E-state index in [1.54, 1.807) is 27.7 Å². The number of carboxylic acid groups (broad SMARTS) is 1. The monoisotopic (exact) mass is 330 g/mol. The number of ether oxygens (including phenoxy) is 1. The number of thioether (sulfide) groups is 1. The van der Waals surface area contributed by atoms with Gasteiger partial charge in [0.2, 0.25) is 5.91 Å². The smallest absolute Gasteiger partial charge is 0.327 e. The molecule has 2 rings (SSSR count). The highest BCUT2D eigenvalue weighted by molar-refractivity contribution is 8.01. The molecule has 0 aromatic rings. The first-order valence-electron chi connectivity index (χ1n) is 7.14. The molecule has 0 spiro atoms. The number of carbonyl (C=O) groups is 3. The van der Waals surface area contributed by atoms with Crippen molar-refractivity contribution in [3.8, 4) is 0 Å². The van der Waals surface area contributed by atoms with Crippen molar-refractivity contribution in [2.45, 2.75) is 56.3 Å². The van der Waals surface area contributed by atoms with Crippen molar-refractivity contribution in [3.63, 3.8) is 0 Å². The largest absolute Gasteiger partial charge is 0.480 e. The highest BCUT2D eigenvalue weighted by Crippen LogP contribution is 2.52. The highest BCUT2D eigenvalue weighted by atomic mass is 32.2. The minimum atomic E-state index is -1.06. The van der Waals surface area contributed by atoms with Gasteiger partial charge >= 0.3 is 11.9 Å². The fraction of sp³-hybridized carbons (Fsp3) is 0.786. The fourth-order valence-electron chi connectivity index (χ4n) is 2.69. The lowest BCUT2D eigenvalue weighted by molar-refractivity contribution is -0.160. The lowest BCUT2D eigenvalue weighted by Crippen LogP contribution is -2.68. The topological polar surface area (TPSA) is 110 Å². The summed E-state index contributed by atoms with van der Waals surface area (Å²) in [5, 5.41) is 9.15. The van der Waals surface area contributed by atoms with Crippen LogP contribution in [0.25, 0.3) is 0 Å². The zero-order chi connectivity index (χ0) is 16.9. The highest BCUT2D eigenvalue weighted by Gasteiger charge is 2.64. The van der Waals surface area contributed by atoms with Crippen LogP contribution in [-0.2, 0) is 19.1 Å². The van der Waals surface area contributed by atoms with E-state index in [0.29, 0.717) is 6.42 Å². The van der Waals surface area contributed by atoms with E-state index in [9.17, 15) is 19.5 Å². The molecule has 2 aliphatic heterocycles. The van der Waals surface area contributed by atoms with Crippen LogP contribution in [0, 0.1) is 5.41 Å². The Morgan fingerprint density at radius 2 is 2.05 bits per heavy atom. The Hall–Kier alpha value is -1.28. The maximum atomic E-state index is 11.8. The third kappa shape index (κ3) is 2.69. The number of nitrogens with two attached hydrogens (primary N) is 1. The zero-order valence-electron chi connectivity index (χ0n) is 13.2. The van der Waals surface area contributed by atoms with E-state index in [2.05, 4.69) is 0 Å². The summed E-state index contributed by atoms with van der Waals surface area (Å²) in [6.07, 6.45) is 0.351. The van der Waals surface area contributed by atoms with Crippen molar-refractivity contribution in [2.75, 3.05) is 6.61 Å². The predicted octanol–water partition coefficient (Wildman–Crippen LogP) is 0.420. The average Bonchev–Trinajstić information content (AvgIpc) is 2.68. The van der Waals surface area contributed by atoms with Crippen LogP contribution < -0.4 is 5.73 Å². The van der Waals surface area contributed by atoms with E-state index in [0.717, 1.165) is 0 Å². The van der Waals surface area contributed by atoms with E-state index >= 15 is 0 Å². The minimum Gasteiger partial charge on any atom is -0.480 e. The molecule has 1 unspecified atom stereocenters. The van der Waals surface area contributed by atoms with Gasteiger partial charge in [-0.05, 0) is 34.1 Å². The molecule has 0 bridgehead atoms. The summed E-state index contributed by atoms with van der Waals surface area (Å²) in [6.45, 7) is 7.16. The number of rotatable bonds is 4. The Morgan fingerprint density at radius 1 is 1.45 bits per heavy atom. The number of carbonyl (C=O) groups excluding carboxylic acids is 2. The molecule has 2 heterocycles. The molecule has 0 aromatic carbocycles. The first-order valence-corrected chi connectivity index (χ1v) is 8.02. The van der Waals surface area contributed by atoms with Gasteiger partial charge in [-0.15, -0.1) is 11.8 Å². The summed E-state index contributed by atoms with van der Waals surface area (Å²) in [4.78, 5) is 36.5. The van der Waals surface area contributed by atoms with E-state index in [-0.39, 0.29) is 23.9 Å². The lowest BCUT2D eigenvalue weighted by atomic mass is 9.92. The number of amides is 1. The standard InChI is InChI=1S/C14H22N2O5S/c1-13(2,3)12(20)21-6-5-14(4)8(11(18)19)16-9(17)7(15)10(16)22-14/h7-8,10H,5-6,15H2,1-4H3,(H,18,19)/t7-,8+,10-,14?/m1/s1. The predicted molar refractivity (Wildman–Crippen MR) is 81.1 cm³/mol. The van der Waals surface area contributed by atoms with Gasteiger partial charge in [-0.3, -0.25) is 9.59 Å². The normalized spacial score (nSPS) is 34.1. The van der Waals surface area contributed by atoms with Gasteiger partial charge in [0, 0.05) is 4.75 Å². The van der Waals surface area contributed by atoms with E-state index in [1.807, 2.05) is 0 Å². The number of hydrogen-bond acceptors (Lipinski definition) is 6. The second-order valence-electron chi connectivity index (χ2n) is 6.97. The molecule has 4 atom stereocenters. The van der Waals surface area contributed by atoms with Crippen LogP contribution in [0.3, 0.4) is 0 Å². The molecule has 0 aromatic heterocycles. The van der Waals surface area contributed by atoms with Crippen LogP contribution in [0.4, 0.5) is 0 Å². The molecule has 0 saturated carbocycles. The second-order valence-corrected chi connectivity index (χ2v) is 8.62. The van der Waals surface area contributed by atoms with Crippen LogP contribution in [0.5, 0.6) is 0 Å². The van der Waals surface area contributed by atoms with Crippen molar-refractivity contribution in [1.29, 1.82) is 0 Å². The van der Waals surface area contributed by atoms with E-state index < -0.39 is 28.2 Å². The average molecular weight is 330 g/mol. The van der Waals surface area contributed by atoms with Crippen molar-refractivity contribution >= 4 is 29.6 Å². The van der Waals surface area contributed by atoms with Crippen molar-refractivity contribution < 1.29 is 24.2 Å². The molecule has 2 fully saturated rings. The summed E-state index contributed by atoms with van der Waals surface area (Å²) in [6, 6.07) is -1.59. The quantitative estimate of drug-likeness (QED) is 0.568. The van der Waals surface area contributed by atoms with E-state index in [4.69, 9.17) is 10.5 Å². The number of fused-ring (bicyclic) bond motifs is 1. The van der Waals surface area contributed by atoms with Gasteiger partial charge in [0.1, 0.15) is 17.5 Å². The molecule has 8 heteroatoms. The molecule has 0 radical (unpaired) electrons. The SMILES string of the molecule is CC(C)(C)C(=O)OCCC1(C)S[C@@H]2[C@H](N)C(=O)N2[C@H]1C(=O)O. The van der Waals surface area contributed by atoms with Crippen LogP contribution in [-0.4, -0.2) is 56.7 Å². The van der Waals surface area contributed by atoms with Gasteiger partial charge in [-0.2, -0.15) is 0 Å². The number of nitrogens with zero attached hydrogens (tertiary/aromatic N) is 1. The van der Waals surface area contributed by atoms with Gasteiger partial charge in [0.15, 0.2) is 0 Å². The molecule has 22 heavy (non-hydrogen) atoms. The second kappa shape index (κ2) is 5.42. The summed E-state index contributed by atoms with van der Waals surface area (Å²) < 4.78 is 4.50. The van der Waals surface area contributed by atoms with Gasteiger partial charge in [-0.25, -0.2) is 4.79 Å². The third-order valence-corrected chi connectivity index (χ3v) is 5.77. The van der Waals surface area contributed by atoms with Gasteiger partial charge in [0.25, 0.3) is 0 Å². The Kier molecular flexibility index (Phi) is 4.20. The molecule has 1 amide bonds. The lowest BCUT2D eigenvalue weighted by Gasteiger charge is -2.41. The Bertz CT molecular complexity index is 518. The Morgan fingerprint density at radius 3 is 2.55 bits per heavy atom. The molecule has 2 saturated heterocycles. The summed E-state index contributed by atoms with van der Waals surface area (Å²) >= 11 is 1.38. The number of esters is 1. The van der Waals surface area contributed by atoms with Crippen LogP contribution >= 0.6 is 11.8 Å². The Balaban J connectivity index is 2.04. The van der Waals surface area contributed by atoms with Crippen molar-refractivity contribution in [1.82, 2.24) is 4.90 Å². The van der Waals surface area contributed by atoms with Crippen molar-refractivity contribution in [3.05, 3.63) is 0 Å². The zero-order valence-corrected chi connectivity index (χ0v) is 14.0. The first kappa shape index (κ1) is 17.1. The first-order chi connectivity index (χ1) is 9.99. The third-order valence-electron chi connectivity index (χ3n) is 4.05. The molecular weight excluding hydrogens is 308 g/mol. The summed E-state index contributed by atoms with van der Waals surface area (Å²) in [5.41, 5.74) is 5.13. The van der Waals surface area contributed by atoms with E-state index in [1.165, 1.54) is 16.7 Å². The Labute approximate surface area is 133 Å². The number of aliphatic carboxylic acids is 1. The van der Waals surface area contributed by atoms with Gasteiger partial charge in [0.05, 0.1) is 12.0 Å². The number of carboxylic acids is 1. The summed E-state index contributed by atoms with van der Waals surface area (Å²) in [7, 11) is 0. The molecule has 0 aliphatic carbocycles. The van der Waals surface area contributed by atoms with Crippen LogP contribution in [0.15, 0.2) is 0 Å². The molecule has 2 aliphatic rings. The number of hydrogen-bond donors (Lipinski definition) is 2. The maximum absolute atomic E-state index is 11.8. The van der Waals surface area contributed by atoms with Gasteiger partial charge < -0.3 is 20.5 Å². The fourth-order valence-corrected chi connectivity index (χ4v) is 4.39. The number of β-lactam (4-membered cyclic amide) rings is 1. The minimum absolute atomic E-state index is 0.118. The van der Waals surface area contributed by atoms with Crippen molar-refractivity contribution in [2.24, 2.45) is 11.1 Å². The maximum Gasteiger partial charge on any atom is 0.327 e. The summed E-state index contributed by atoms with van der Waals surface area (Å²) in [5.74, 6) is -1.72. The van der Waals surface area contributed by atoms with Gasteiger partial charge in [-0.1, -0.05) is 0 Å². The molecular formula is C14H22N2O5S. The molecule has 7 nitrogen and oxygen atoms in total. The van der Waals surface area contributed by atoms with Crippen LogP contribution in [0.2, 0.25) is 0 Å². The molecule has 3 N–H and O–H groups in total.